The molecule has 1 N–H and O–H groups in total. The van der Waals surface area contributed by atoms with Crippen LogP contribution in [0.5, 0.6) is 0 Å². The lowest BCUT2D eigenvalue weighted by molar-refractivity contribution is 0.0701. The van der Waals surface area contributed by atoms with E-state index in [9.17, 15) is 4.79 Å². The number of nitrogens with zero attached hydrogens (tertiary/aromatic N) is 5. The van der Waals surface area contributed by atoms with Gasteiger partial charge in [-0.05, 0) is 19.1 Å². The summed E-state index contributed by atoms with van der Waals surface area (Å²) in [6.07, 6.45) is 3.35. The normalized spacial score (nSPS) is 13.9. The highest BCUT2D eigenvalue weighted by molar-refractivity contribution is 5.93. The smallest absolute Gasteiger partial charge is 0.272 e. The van der Waals surface area contributed by atoms with Crippen molar-refractivity contribution in [2.24, 2.45) is 0 Å². The van der Waals surface area contributed by atoms with Gasteiger partial charge in [0.15, 0.2) is 5.82 Å². The van der Waals surface area contributed by atoms with Crippen LogP contribution in [0.2, 0.25) is 0 Å². The number of pyridine rings is 1. The zero-order chi connectivity index (χ0) is 13.9. The molecule has 7 heteroatoms. The van der Waals surface area contributed by atoms with E-state index in [4.69, 9.17) is 0 Å². The topological polar surface area (TPSA) is 75.9 Å². The summed E-state index contributed by atoms with van der Waals surface area (Å²) in [5, 5.41) is 11.1. The second-order valence-corrected chi connectivity index (χ2v) is 4.63. The van der Waals surface area contributed by atoms with Gasteiger partial charge in [-0.2, -0.15) is 0 Å². The molecule has 3 rings (SSSR count). The van der Waals surface area contributed by atoms with Crippen LogP contribution in [-0.2, 0) is 13.1 Å². The van der Waals surface area contributed by atoms with E-state index in [1.807, 2.05) is 17.6 Å². The highest BCUT2D eigenvalue weighted by Gasteiger charge is 2.23. The van der Waals surface area contributed by atoms with Crippen molar-refractivity contribution < 1.29 is 4.79 Å². The number of aromatic nitrogens is 4. The van der Waals surface area contributed by atoms with Gasteiger partial charge in [-0.3, -0.25) is 9.78 Å². The van der Waals surface area contributed by atoms with Crippen LogP contribution >= 0.6 is 0 Å². The summed E-state index contributed by atoms with van der Waals surface area (Å²) < 4.78 is 1.96. The fourth-order valence-corrected chi connectivity index (χ4v) is 2.26. The minimum Gasteiger partial charge on any atom is -0.385 e. The molecule has 1 amide bonds. The van der Waals surface area contributed by atoms with Gasteiger partial charge in [0.1, 0.15) is 12.0 Å². The largest absolute Gasteiger partial charge is 0.385 e. The van der Waals surface area contributed by atoms with Gasteiger partial charge in [0.25, 0.3) is 5.91 Å². The quantitative estimate of drug-likeness (QED) is 0.892. The molecule has 0 spiro atoms. The Morgan fingerprint density at radius 2 is 2.35 bits per heavy atom. The van der Waals surface area contributed by atoms with E-state index in [0.717, 1.165) is 24.6 Å². The predicted octanol–water partition coefficient (Wildman–Crippen LogP) is 0.761. The van der Waals surface area contributed by atoms with Crippen molar-refractivity contribution in [1.29, 1.82) is 0 Å². The van der Waals surface area contributed by atoms with Crippen molar-refractivity contribution in [2.75, 3.05) is 18.4 Å². The number of carbonyl (C=O) groups excluding carboxylic acids is 1. The van der Waals surface area contributed by atoms with E-state index in [1.54, 1.807) is 23.5 Å². The molecular weight excluding hydrogens is 256 g/mol. The maximum atomic E-state index is 12.5. The average Bonchev–Trinajstić information content (AvgIpc) is 2.94. The third-order valence-corrected chi connectivity index (χ3v) is 3.29. The highest BCUT2D eigenvalue weighted by Crippen LogP contribution is 2.14. The standard InChI is InChI=1S/C13H16N6O/c1-2-14-10-3-4-15-11(7-10)13(20)18-5-6-19-9-16-17-12(19)8-18/h3-4,7,9H,2,5-6,8H2,1H3,(H,14,15). The summed E-state index contributed by atoms with van der Waals surface area (Å²) >= 11 is 0. The van der Waals surface area contributed by atoms with E-state index in [0.29, 0.717) is 18.8 Å². The zero-order valence-corrected chi connectivity index (χ0v) is 11.3. The van der Waals surface area contributed by atoms with Crippen LogP contribution in [0.15, 0.2) is 24.7 Å². The second kappa shape index (κ2) is 5.28. The van der Waals surface area contributed by atoms with Gasteiger partial charge < -0.3 is 14.8 Å². The molecule has 0 saturated heterocycles. The molecule has 0 atom stereocenters. The van der Waals surface area contributed by atoms with Gasteiger partial charge in [0.05, 0.1) is 6.54 Å². The van der Waals surface area contributed by atoms with Gasteiger partial charge in [0, 0.05) is 31.5 Å². The Morgan fingerprint density at radius 1 is 1.45 bits per heavy atom. The third-order valence-electron chi connectivity index (χ3n) is 3.29. The summed E-state index contributed by atoms with van der Waals surface area (Å²) in [7, 11) is 0. The van der Waals surface area contributed by atoms with Crippen LogP contribution < -0.4 is 5.32 Å². The third kappa shape index (κ3) is 2.34. The molecule has 2 aromatic heterocycles. The SMILES string of the molecule is CCNc1ccnc(C(=O)N2CCn3cnnc3C2)c1. The van der Waals surface area contributed by atoms with Crippen molar-refractivity contribution in [3.8, 4) is 0 Å². The Morgan fingerprint density at radius 3 is 3.20 bits per heavy atom. The van der Waals surface area contributed by atoms with Crippen molar-refractivity contribution >= 4 is 11.6 Å². The molecule has 0 saturated carbocycles. The molecule has 0 unspecified atom stereocenters. The first-order valence-electron chi connectivity index (χ1n) is 6.64. The minimum absolute atomic E-state index is 0.0704. The molecule has 1 aliphatic rings. The molecule has 2 aromatic rings. The maximum Gasteiger partial charge on any atom is 0.272 e. The minimum atomic E-state index is -0.0704. The van der Waals surface area contributed by atoms with Crippen LogP contribution in [0, 0.1) is 0 Å². The molecule has 3 heterocycles. The number of carbonyl (C=O) groups is 1. The van der Waals surface area contributed by atoms with Gasteiger partial charge >= 0.3 is 0 Å². The molecule has 104 valence electrons. The Kier molecular flexibility index (Phi) is 3.32. The summed E-state index contributed by atoms with van der Waals surface area (Å²) in [5.74, 6) is 0.742. The molecule has 0 fully saturated rings. The van der Waals surface area contributed by atoms with Crippen molar-refractivity contribution in [1.82, 2.24) is 24.6 Å². The Balaban J connectivity index is 1.78. The van der Waals surface area contributed by atoms with E-state index >= 15 is 0 Å². The van der Waals surface area contributed by atoms with Gasteiger partial charge in [-0.25, -0.2) is 0 Å². The molecule has 0 bridgehead atoms. The lowest BCUT2D eigenvalue weighted by Gasteiger charge is -2.26. The fourth-order valence-electron chi connectivity index (χ4n) is 2.26. The monoisotopic (exact) mass is 272 g/mol. The van der Waals surface area contributed by atoms with Crippen molar-refractivity contribution in [2.45, 2.75) is 20.0 Å². The number of anilines is 1. The van der Waals surface area contributed by atoms with Gasteiger partial charge in [-0.1, -0.05) is 0 Å². The number of hydrogen-bond donors (Lipinski definition) is 1. The highest BCUT2D eigenvalue weighted by atomic mass is 16.2. The zero-order valence-electron chi connectivity index (χ0n) is 11.3. The lowest BCUT2D eigenvalue weighted by atomic mass is 10.2. The summed E-state index contributed by atoms with van der Waals surface area (Å²) in [6, 6.07) is 3.64. The fraction of sp³-hybridized carbons (Fsp3) is 0.385. The van der Waals surface area contributed by atoms with Crippen LogP contribution in [0.1, 0.15) is 23.2 Å². The number of nitrogens with one attached hydrogen (secondary N) is 1. The first-order chi connectivity index (χ1) is 9.78. The summed E-state index contributed by atoms with van der Waals surface area (Å²) in [6.45, 7) is 4.67. The molecule has 0 aliphatic carbocycles. The predicted molar refractivity (Wildman–Crippen MR) is 73.2 cm³/mol. The Hall–Kier alpha value is -2.44. The van der Waals surface area contributed by atoms with E-state index in [1.165, 1.54) is 0 Å². The van der Waals surface area contributed by atoms with E-state index in [2.05, 4.69) is 20.5 Å². The van der Waals surface area contributed by atoms with Crippen molar-refractivity contribution in [3.63, 3.8) is 0 Å². The molecule has 7 nitrogen and oxygen atoms in total. The van der Waals surface area contributed by atoms with Crippen LogP contribution in [0.25, 0.3) is 0 Å². The molecule has 0 aromatic carbocycles. The van der Waals surface area contributed by atoms with Crippen molar-refractivity contribution in [3.05, 3.63) is 36.2 Å². The first-order valence-corrected chi connectivity index (χ1v) is 6.64. The van der Waals surface area contributed by atoms with Gasteiger partial charge in [0.2, 0.25) is 0 Å². The number of rotatable bonds is 3. The van der Waals surface area contributed by atoms with E-state index in [-0.39, 0.29) is 5.91 Å². The molecule has 20 heavy (non-hydrogen) atoms. The van der Waals surface area contributed by atoms with E-state index < -0.39 is 0 Å². The number of amides is 1. The summed E-state index contributed by atoms with van der Waals surface area (Å²) in [4.78, 5) is 18.4. The summed E-state index contributed by atoms with van der Waals surface area (Å²) in [5.41, 5.74) is 1.36. The number of hydrogen-bond acceptors (Lipinski definition) is 5. The van der Waals surface area contributed by atoms with Crippen LogP contribution in [0.4, 0.5) is 5.69 Å². The number of fused-ring (bicyclic) bond motifs is 1. The lowest BCUT2D eigenvalue weighted by Crippen LogP contribution is -2.38. The molecule has 1 aliphatic heterocycles. The second-order valence-electron chi connectivity index (χ2n) is 4.63. The Bertz CT molecular complexity index is 623. The van der Waals surface area contributed by atoms with Crippen LogP contribution in [-0.4, -0.2) is 43.6 Å². The maximum absolute atomic E-state index is 12.5. The average molecular weight is 272 g/mol. The molecular formula is C13H16N6O. The first kappa shape index (κ1) is 12.6. The van der Waals surface area contributed by atoms with Gasteiger partial charge in [-0.15, -0.1) is 10.2 Å². The molecule has 0 radical (unpaired) electrons. The van der Waals surface area contributed by atoms with Crippen LogP contribution in [0.3, 0.4) is 0 Å². The Labute approximate surface area is 116 Å².